The number of thioether (sulfide) groups is 1. The number of hydrogen-bond donors (Lipinski definition) is 0. The fourth-order valence-corrected chi connectivity index (χ4v) is 2.99. The minimum atomic E-state index is -0.652. The molecule has 1 aliphatic rings. The first-order valence-corrected chi connectivity index (χ1v) is 6.50. The van der Waals surface area contributed by atoms with Crippen LogP contribution >= 0.6 is 11.8 Å². The van der Waals surface area contributed by atoms with Gasteiger partial charge in [-0.3, -0.25) is 9.59 Å². The highest BCUT2D eigenvalue weighted by atomic mass is 32.2. The lowest BCUT2D eigenvalue weighted by atomic mass is 10.1. The van der Waals surface area contributed by atoms with Gasteiger partial charge in [-0.05, 0) is 30.4 Å². The maximum Gasteiger partial charge on any atom is 0.316 e. The van der Waals surface area contributed by atoms with E-state index in [9.17, 15) is 9.59 Å². The molecule has 18 heavy (non-hydrogen) atoms. The van der Waals surface area contributed by atoms with E-state index in [4.69, 9.17) is 0 Å². The van der Waals surface area contributed by atoms with Gasteiger partial charge in [-0.2, -0.15) is 0 Å². The molecule has 1 aromatic carbocycles. The van der Waals surface area contributed by atoms with Crippen molar-refractivity contribution in [2.45, 2.75) is 18.2 Å². The van der Waals surface area contributed by atoms with Gasteiger partial charge in [0.05, 0.1) is 7.11 Å². The fraction of sp³-hybridized carbons (Fsp3) is 0.286. The molecule has 0 N–H and O–H groups in total. The fourth-order valence-electron chi connectivity index (χ4n) is 1.91. The Hall–Kier alpha value is -1.55. The summed E-state index contributed by atoms with van der Waals surface area (Å²) in [4.78, 5) is 25.5. The van der Waals surface area contributed by atoms with Crippen LogP contribution in [0.5, 0.6) is 0 Å². The maximum atomic E-state index is 11.9. The van der Waals surface area contributed by atoms with Crippen molar-refractivity contribution in [3.05, 3.63) is 40.8 Å². The van der Waals surface area contributed by atoms with Crippen molar-refractivity contribution in [2.75, 3.05) is 7.11 Å². The highest BCUT2D eigenvalue weighted by Crippen LogP contribution is 2.39. The largest absolute Gasteiger partial charge is 0.468 e. The SMILES string of the molecule is COC(=O)C1CC(Sc2ccccc2)=C(C)C1=O. The van der Waals surface area contributed by atoms with Crippen LogP contribution in [0.3, 0.4) is 0 Å². The van der Waals surface area contributed by atoms with E-state index in [1.807, 2.05) is 30.3 Å². The van der Waals surface area contributed by atoms with Crippen molar-refractivity contribution >= 4 is 23.5 Å². The lowest BCUT2D eigenvalue weighted by Gasteiger charge is -2.06. The number of hydrogen-bond acceptors (Lipinski definition) is 4. The zero-order valence-corrected chi connectivity index (χ0v) is 11.1. The van der Waals surface area contributed by atoms with Gasteiger partial charge in [0.15, 0.2) is 5.78 Å². The summed E-state index contributed by atoms with van der Waals surface area (Å²) in [5.41, 5.74) is 0.680. The second kappa shape index (κ2) is 5.40. The lowest BCUT2D eigenvalue weighted by molar-refractivity contribution is -0.147. The van der Waals surface area contributed by atoms with Crippen molar-refractivity contribution in [3.63, 3.8) is 0 Å². The molecule has 0 spiro atoms. The molecule has 0 heterocycles. The summed E-state index contributed by atoms with van der Waals surface area (Å²) in [6.07, 6.45) is 0.455. The Morgan fingerprint density at radius 2 is 2.00 bits per heavy atom. The Labute approximate surface area is 110 Å². The van der Waals surface area contributed by atoms with Crippen LogP contribution in [0.2, 0.25) is 0 Å². The van der Waals surface area contributed by atoms with Crippen molar-refractivity contribution < 1.29 is 14.3 Å². The van der Waals surface area contributed by atoms with Crippen LogP contribution in [0.25, 0.3) is 0 Å². The quantitative estimate of drug-likeness (QED) is 0.620. The van der Waals surface area contributed by atoms with Crippen molar-refractivity contribution in [1.82, 2.24) is 0 Å². The molecule has 0 bridgehead atoms. The molecule has 0 amide bonds. The molecule has 4 heteroatoms. The predicted octanol–water partition coefficient (Wildman–Crippen LogP) is 2.81. The minimum absolute atomic E-state index is 0.111. The van der Waals surface area contributed by atoms with Crippen LogP contribution in [0.1, 0.15) is 13.3 Å². The zero-order valence-electron chi connectivity index (χ0n) is 10.3. The molecule has 1 aliphatic carbocycles. The van der Waals surface area contributed by atoms with Crippen molar-refractivity contribution in [1.29, 1.82) is 0 Å². The van der Waals surface area contributed by atoms with Gasteiger partial charge in [0.1, 0.15) is 5.92 Å². The van der Waals surface area contributed by atoms with Crippen LogP contribution in [0, 0.1) is 5.92 Å². The van der Waals surface area contributed by atoms with E-state index in [1.54, 1.807) is 18.7 Å². The summed E-state index contributed by atoms with van der Waals surface area (Å²) in [5, 5.41) is 0. The third-order valence-electron chi connectivity index (χ3n) is 2.96. The Morgan fingerprint density at radius 3 is 2.61 bits per heavy atom. The van der Waals surface area contributed by atoms with Gasteiger partial charge in [0, 0.05) is 10.5 Å². The highest BCUT2D eigenvalue weighted by molar-refractivity contribution is 8.03. The number of Topliss-reactive ketones (excluding diaryl/α,β-unsaturated/α-hetero) is 1. The average Bonchev–Trinajstić information content (AvgIpc) is 2.67. The van der Waals surface area contributed by atoms with Gasteiger partial charge < -0.3 is 4.74 Å². The van der Waals surface area contributed by atoms with E-state index in [-0.39, 0.29) is 5.78 Å². The molecule has 2 rings (SSSR count). The molecule has 1 unspecified atom stereocenters. The second-order valence-corrected chi connectivity index (χ2v) is 5.28. The second-order valence-electron chi connectivity index (χ2n) is 4.11. The van der Waals surface area contributed by atoms with Crippen molar-refractivity contribution in [2.24, 2.45) is 5.92 Å². The third kappa shape index (κ3) is 2.48. The number of rotatable bonds is 3. The standard InChI is InChI=1S/C14H14O3S/c1-9-12(18-10-6-4-3-5-7-10)8-11(13(9)15)14(16)17-2/h3-7,11H,8H2,1-2H3. The molecule has 1 atom stereocenters. The third-order valence-corrected chi connectivity index (χ3v) is 4.19. The summed E-state index contributed by atoms with van der Waals surface area (Å²) in [6.45, 7) is 1.77. The number of esters is 1. The maximum absolute atomic E-state index is 11.9. The molecular weight excluding hydrogens is 248 g/mol. The predicted molar refractivity (Wildman–Crippen MR) is 70.1 cm³/mol. The first kappa shape index (κ1) is 12.9. The van der Waals surface area contributed by atoms with Crippen LogP contribution in [0.4, 0.5) is 0 Å². The molecule has 1 aromatic rings. The molecule has 0 radical (unpaired) electrons. The van der Waals surface area contributed by atoms with Gasteiger partial charge in [-0.25, -0.2) is 0 Å². The first-order chi connectivity index (χ1) is 8.63. The topological polar surface area (TPSA) is 43.4 Å². The van der Waals surface area contributed by atoms with Gasteiger partial charge in [0.2, 0.25) is 0 Å². The van der Waals surface area contributed by atoms with Crippen LogP contribution in [-0.2, 0) is 14.3 Å². The van der Waals surface area contributed by atoms with Gasteiger partial charge >= 0.3 is 5.97 Å². The van der Waals surface area contributed by atoms with Gasteiger partial charge in [-0.1, -0.05) is 30.0 Å². The summed E-state index contributed by atoms with van der Waals surface area (Å²) >= 11 is 1.55. The number of carbonyl (C=O) groups excluding carboxylic acids is 2. The number of benzene rings is 1. The zero-order chi connectivity index (χ0) is 13.1. The highest BCUT2D eigenvalue weighted by Gasteiger charge is 2.36. The van der Waals surface area contributed by atoms with E-state index in [2.05, 4.69) is 4.74 Å². The number of allylic oxidation sites excluding steroid dienone is 2. The van der Waals surface area contributed by atoms with Gasteiger partial charge in [0.25, 0.3) is 0 Å². The summed E-state index contributed by atoms with van der Waals surface area (Å²) in [7, 11) is 1.31. The van der Waals surface area contributed by atoms with Gasteiger partial charge in [-0.15, -0.1) is 0 Å². The van der Waals surface area contributed by atoms with E-state index in [0.29, 0.717) is 12.0 Å². The Kier molecular flexibility index (Phi) is 3.87. The number of ether oxygens (including phenoxy) is 1. The van der Waals surface area contributed by atoms with Crippen LogP contribution in [-0.4, -0.2) is 18.9 Å². The normalized spacial score (nSPS) is 19.2. The molecule has 0 saturated heterocycles. The monoisotopic (exact) mass is 262 g/mol. The molecule has 0 aromatic heterocycles. The smallest absolute Gasteiger partial charge is 0.316 e. The van der Waals surface area contributed by atoms with Crippen LogP contribution < -0.4 is 0 Å². The number of carbonyl (C=O) groups is 2. The Balaban J connectivity index is 2.15. The number of methoxy groups -OCH3 is 1. The first-order valence-electron chi connectivity index (χ1n) is 5.68. The van der Waals surface area contributed by atoms with E-state index in [0.717, 1.165) is 9.80 Å². The minimum Gasteiger partial charge on any atom is -0.468 e. The van der Waals surface area contributed by atoms with Crippen molar-refractivity contribution in [3.8, 4) is 0 Å². The summed E-state index contributed by atoms with van der Waals surface area (Å²) < 4.78 is 4.66. The van der Waals surface area contributed by atoms with E-state index >= 15 is 0 Å². The molecule has 94 valence electrons. The van der Waals surface area contributed by atoms with Crippen LogP contribution in [0.15, 0.2) is 45.7 Å². The van der Waals surface area contributed by atoms with E-state index < -0.39 is 11.9 Å². The molecule has 3 nitrogen and oxygen atoms in total. The molecule has 0 aliphatic heterocycles. The molecule has 0 saturated carbocycles. The molecular formula is C14H14O3S. The van der Waals surface area contributed by atoms with E-state index in [1.165, 1.54) is 7.11 Å². The molecule has 0 fully saturated rings. The summed E-state index contributed by atoms with van der Waals surface area (Å²) in [5.74, 6) is -1.20. The summed E-state index contributed by atoms with van der Waals surface area (Å²) in [6, 6.07) is 9.82. The Bertz CT molecular complexity index is 505. The number of ketones is 1. The Morgan fingerprint density at radius 1 is 1.33 bits per heavy atom. The average molecular weight is 262 g/mol. The lowest BCUT2D eigenvalue weighted by Crippen LogP contribution is -2.21.